The summed E-state index contributed by atoms with van der Waals surface area (Å²) in [6, 6.07) is 8.03. The zero-order valence-electron chi connectivity index (χ0n) is 13.3. The number of methoxy groups -OCH3 is 1. The molecule has 0 unspecified atom stereocenters. The van der Waals surface area contributed by atoms with Crippen LogP contribution in [0, 0.1) is 0 Å². The smallest absolute Gasteiger partial charge is 0.191 e. The molecular formula is C16H24IN3O2S. The molecule has 0 spiro atoms. The molecule has 5 nitrogen and oxygen atoms in total. The summed E-state index contributed by atoms with van der Waals surface area (Å²) in [5.74, 6) is 1.81. The molecule has 2 rings (SSSR count). The van der Waals surface area contributed by atoms with Crippen LogP contribution in [-0.2, 0) is 17.7 Å². The summed E-state index contributed by atoms with van der Waals surface area (Å²) >= 11 is 1.72. The van der Waals surface area contributed by atoms with E-state index in [9.17, 15) is 0 Å². The van der Waals surface area contributed by atoms with Crippen molar-refractivity contribution < 1.29 is 9.15 Å². The van der Waals surface area contributed by atoms with E-state index in [0.29, 0.717) is 6.54 Å². The third-order valence-electron chi connectivity index (χ3n) is 3.03. The zero-order valence-corrected chi connectivity index (χ0v) is 16.4. The number of nitrogens with one attached hydrogen (secondary N) is 2. The van der Waals surface area contributed by atoms with Gasteiger partial charge in [-0.05, 0) is 30.0 Å². The predicted molar refractivity (Wildman–Crippen MR) is 106 cm³/mol. The van der Waals surface area contributed by atoms with E-state index in [0.717, 1.165) is 44.3 Å². The molecule has 128 valence electrons. The fourth-order valence-corrected chi connectivity index (χ4v) is 2.54. The second kappa shape index (κ2) is 12.4. The van der Waals surface area contributed by atoms with Crippen LogP contribution < -0.4 is 10.6 Å². The number of thiophene rings is 1. The van der Waals surface area contributed by atoms with Crippen molar-refractivity contribution in [2.24, 2.45) is 4.99 Å². The molecule has 7 heteroatoms. The largest absolute Gasteiger partial charge is 0.469 e. The monoisotopic (exact) mass is 449 g/mol. The van der Waals surface area contributed by atoms with Gasteiger partial charge in [0.2, 0.25) is 0 Å². The summed E-state index contributed by atoms with van der Waals surface area (Å²) in [5.41, 5.74) is 0. The molecule has 0 aliphatic heterocycles. The van der Waals surface area contributed by atoms with Crippen molar-refractivity contribution in [2.45, 2.75) is 19.4 Å². The average Bonchev–Trinajstić information content (AvgIpc) is 3.21. The molecular weight excluding hydrogens is 425 g/mol. The van der Waals surface area contributed by atoms with E-state index in [-0.39, 0.29) is 24.0 Å². The molecule has 0 atom stereocenters. The molecule has 0 saturated carbocycles. The minimum absolute atomic E-state index is 0. The molecule has 0 aliphatic carbocycles. The number of hydrogen-bond donors (Lipinski definition) is 2. The van der Waals surface area contributed by atoms with Gasteiger partial charge in [0.25, 0.3) is 0 Å². The fourth-order valence-electron chi connectivity index (χ4n) is 1.92. The number of aliphatic imine (C=N–C) groups is 1. The Morgan fingerprint density at radius 3 is 2.83 bits per heavy atom. The van der Waals surface area contributed by atoms with Crippen LogP contribution >= 0.6 is 35.3 Å². The van der Waals surface area contributed by atoms with Gasteiger partial charge in [0, 0.05) is 38.1 Å². The molecule has 2 heterocycles. The Labute approximate surface area is 158 Å². The zero-order chi connectivity index (χ0) is 15.5. The summed E-state index contributed by atoms with van der Waals surface area (Å²) < 4.78 is 10.4. The van der Waals surface area contributed by atoms with E-state index < -0.39 is 0 Å². The molecule has 2 aromatic heterocycles. The first kappa shape index (κ1) is 20.0. The number of ether oxygens (including phenoxy) is 1. The second-order valence-corrected chi connectivity index (χ2v) is 5.81. The Morgan fingerprint density at radius 1 is 1.26 bits per heavy atom. The maximum absolute atomic E-state index is 5.33. The van der Waals surface area contributed by atoms with Gasteiger partial charge in [-0.3, -0.25) is 0 Å². The van der Waals surface area contributed by atoms with Gasteiger partial charge in [0.1, 0.15) is 5.76 Å². The Bertz CT molecular complexity index is 530. The third-order valence-corrected chi connectivity index (χ3v) is 3.90. The van der Waals surface area contributed by atoms with Crippen molar-refractivity contribution >= 4 is 41.3 Å². The van der Waals surface area contributed by atoms with Crippen LogP contribution in [0.4, 0.5) is 0 Å². The van der Waals surface area contributed by atoms with Gasteiger partial charge in [-0.15, -0.1) is 35.3 Å². The molecule has 0 fully saturated rings. The first-order valence-electron chi connectivity index (χ1n) is 7.44. The van der Waals surface area contributed by atoms with Gasteiger partial charge in [-0.1, -0.05) is 6.07 Å². The quantitative estimate of drug-likeness (QED) is 0.267. The Balaban J connectivity index is 0.00000264. The van der Waals surface area contributed by atoms with Crippen molar-refractivity contribution in [1.82, 2.24) is 10.6 Å². The summed E-state index contributed by atoms with van der Waals surface area (Å²) in [7, 11) is 1.72. The highest BCUT2D eigenvalue weighted by atomic mass is 127. The molecule has 23 heavy (non-hydrogen) atoms. The van der Waals surface area contributed by atoms with Crippen molar-refractivity contribution in [3.8, 4) is 0 Å². The Morgan fingerprint density at radius 2 is 2.13 bits per heavy atom. The Hall–Kier alpha value is -1.06. The topological polar surface area (TPSA) is 58.8 Å². The highest BCUT2D eigenvalue weighted by molar-refractivity contribution is 14.0. The van der Waals surface area contributed by atoms with E-state index in [2.05, 4.69) is 27.1 Å². The number of halogens is 1. The van der Waals surface area contributed by atoms with Crippen molar-refractivity contribution in [3.63, 3.8) is 0 Å². The molecule has 2 aromatic rings. The minimum atomic E-state index is 0. The van der Waals surface area contributed by atoms with E-state index in [1.54, 1.807) is 24.7 Å². The highest BCUT2D eigenvalue weighted by Gasteiger charge is 2.01. The van der Waals surface area contributed by atoms with E-state index in [1.807, 2.05) is 18.2 Å². The van der Waals surface area contributed by atoms with Gasteiger partial charge in [0.15, 0.2) is 5.96 Å². The summed E-state index contributed by atoms with van der Waals surface area (Å²) in [4.78, 5) is 5.87. The van der Waals surface area contributed by atoms with Crippen molar-refractivity contribution in [1.29, 1.82) is 0 Å². The van der Waals surface area contributed by atoms with Gasteiger partial charge >= 0.3 is 0 Å². The summed E-state index contributed by atoms with van der Waals surface area (Å²) in [6.45, 7) is 3.06. The molecule has 0 aromatic carbocycles. The van der Waals surface area contributed by atoms with Gasteiger partial charge in [-0.25, -0.2) is 4.99 Å². The van der Waals surface area contributed by atoms with Crippen LogP contribution in [0.15, 0.2) is 45.3 Å². The van der Waals surface area contributed by atoms with Crippen LogP contribution in [0.3, 0.4) is 0 Å². The predicted octanol–water partition coefficient (Wildman–Crippen LogP) is 3.27. The van der Waals surface area contributed by atoms with E-state index >= 15 is 0 Å². The minimum Gasteiger partial charge on any atom is -0.469 e. The lowest BCUT2D eigenvalue weighted by molar-refractivity contribution is 0.195. The van der Waals surface area contributed by atoms with Crippen LogP contribution in [0.2, 0.25) is 0 Å². The van der Waals surface area contributed by atoms with Crippen LogP contribution in [-0.4, -0.2) is 32.8 Å². The standard InChI is InChI=1S/C16H23N3O2S.HI/c1-20-10-4-8-17-16(19-13-15-6-3-12-22-15)18-9-7-14-5-2-11-21-14;/h2-3,5-6,11-12H,4,7-10,13H2,1H3,(H2,17,18,19);1H. The summed E-state index contributed by atoms with van der Waals surface area (Å²) in [6.07, 6.45) is 3.49. The number of guanidine groups is 1. The normalized spacial score (nSPS) is 11.1. The lowest BCUT2D eigenvalue weighted by atomic mass is 10.3. The van der Waals surface area contributed by atoms with Crippen molar-refractivity contribution in [2.75, 3.05) is 26.8 Å². The average molecular weight is 449 g/mol. The molecule has 2 N–H and O–H groups in total. The number of hydrogen-bond acceptors (Lipinski definition) is 4. The van der Waals surface area contributed by atoms with E-state index in [4.69, 9.17) is 9.15 Å². The molecule has 0 amide bonds. The Kier molecular flexibility index (Phi) is 10.8. The number of furan rings is 1. The SMILES string of the molecule is COCCCNC(=NCc1cccs1)NCCc1ccco1.I. The molecule has 0 bridgehead atoms. The molecule has 0 saturated heterocycles. The molecule has 0 aliphatic rings. The van der Waals surface area contributed by atoms with Gasteiger partial charge in [-0.2, -0.15) is 0 Å². The van der Waals surface area contributed by atoms with E-state index in [1.165, 1.54) is 4.88 Å². The third kappa shape index (κ3) is 8.38. The lowest BCUT2D eigenvalue weighted by Gasteiger charge is -2.12. The van der Waals surface area contributed by atoms with Crippen LogP contribution in [0.5, 0.6) is 0 Å². The van der Waals surface area contributed by atoms with Crippen molar-refractivity contribution in [3.05, 3.63) is 46.5 Å². The lowest BCUT2D eigenvalue weighted by Crippen LogP contribution is -2.39. The summed E-state index contributed by atoms with van der Waals surface area (Å²) in [5, 5.41) is 8.74. The maximum atomic E-state index is 5.33. The van der Waals surface area contributed by atoms with Gasteiger partial charge < -0.3 is 19.8 Å². The number of nitrogens with zero attached hydrogens (tertiary/aromatic N) is 1. The highest BCUT2D eigenvalue weighted by Crippen LogP contribution is 2.09. The van der Waals surface area contributed by atoms with Crippen LogP contribution in [0.1, 0.15) is 17.1 Å². The second-order valence-electron chi connectivity index (χ2n) is 4.77. The van der Waals surface area contributed by atoms with Crippen LogP contribution in [0.25, 0.3) is 0 Å². The maximum Gasteiger partial charge on any atom is 0.191 e. The first-order chi connectivity index (χ1) is 10.9. The van der Waals surface area contributed by atoms with Gasteiger partial charge in [0.05, 0.1) is 12.8 Å². The molecule has 0 radical (unpaired) electrons. The number of rotatable bonds is 9. The fraction of sp³-hybridized carbons (Fsp3) is 0.438. The first-order valence-corrected chi connectivity index (χ1v) is 8.32.